The minimum Gasteiger partial charge on any atom is -0.487 e. The maximum absolute atomic E-state index is 5.82. The molecule has 0 aliphatic carbocycles. The molecular formula is C10H9ClN2OS. The monoisotopic (exact) mass is 240 g/mol. The number of ether oxygens (including phenoxy) is 1. The Balaban J connectivity index is 2.02. The highest BCUT2D eigenvalue weighted by atomic mass is 35.5. The van der Waals surface area contributed by atoms with Gasteiger partial charge >= 0.3 is 0 Å². The molecule has 0 fully saturated rings. The zero-order valence-electron chi connectivity index (χ0n) is 7.79. The SMILES string of the molecule is S=c1[nH]cc(COc2cccc(Cl)c2)[nH]1. The molecule has 0 saturated heterocycles. The highest BCUT2D eigenvalue weighted by Gasteiger charge is 1.97. The lowest BCUT2D eigenvalue weighted by Gasteiger charge is -2.04. The van der Waals surface area contributed by atoms with E-state index in [0.29, 0.717) is 16.4 Å². The van der Waals surface area contributed by atoms with Gasteiger partial charge in [0.15, 0.2) is 4.77 Å². The fraction of sp³-hybridized carbons (Fsp3) is 0.100. The lowest BCUT2D eigenvalue weighted by atomic mass is 10.3. The molecule has 2 N–H and O–H groups in total. The molecule has 0 bridgehead atoms. The number of halogens is 1. The van der Waals surface area contributed by atoms with Crippen molar-refractivity contribution in [2.75, 3.05) is 0 Å². The van der Waals surface area contributed by atoms with Crippen LogP contribution in [0.2, 0.25) is 5.02 Å². The van der Waals surface area contributed by atoms with Crippen molar-refractivity contribution in [3.63, 3.8) is 0 Å². The van der Waals surface area contributed by atoms with Gasteiger partial charge in [-0.15, -0.1) is 0 Å². The highest BCUT2D eigenvalue weighted by Crippen LogP contribution is 2.17. The van der Waals surface area contributed by atoms with Crippen molar-refractivity contribution in [3.8, 4) is 5.75 Å². The molecule has 0 radical (unpaired) electrons. The Labute approximate surface area is 97.1 Å². The van der Waals surface area contributed by atoms with Crippen LogP contribution < -0.4 is 4.74 Å². The van der Waals surface area contributed by atoms with Gasteiger partial charge < -0.3 is 14.7 Å². The third-order valence-corrected chi connectivity index (χ3v) is 2.30. The fourth-order valence-electron chi connectivity index (χ4n) is 1.17. The number of benzene rings is 1. The molecule has 0 aliphatic rings. The molecule has 0 aliphatic heterocycles. The molecule has 1 aromatic heterocycles. The van der Waals surface area contributed by atoms with Gasteiger partial charge in [0.2, 0.25) is 0 Å². The molecule has 2 aromatic rings. The van der Waals surface area contributed by atoms with E-state index < -0.39 is 0 Å². The van der Waals surface area contributed by atoms with Crippen LogP contribution >= 0.6 is 23.8 Å². The molecule has 3 nitrogen and oxygen atoms in total. The third-order valence-electron chi connectivity index (χ3n) is 1.84. The predicted octanol–water partition coefficient (Wildman–Crippen LogP) is 3.30. The van der Waals surface area contributed by atoms with Crippen molar-refractivity contribution in [2.45, 2.75) is 6.61 Å². The number of rotatable bonds is 3. The minimum atomic E-state index is 0.438. The number of nitrogens with one attached hydrogen (secondary N) is 2. The first-order valence-electron chi connectivity index (χ1n) is 4.39. The fourth-order valence-corrected chi connectivity index (χ4v) is 1.54. The first-order valence-corrected chi connectivity index (χ1v) is 5.17. The van der Waals surface area contributed by atoms with Crippen molar-refractivity contribution >= 4 is 23.8 Å². The third kappa shape index (κ3) is 2.84. The summed E-state index contributed by atoms with van der Waals surface area (Å²) in [5.41, 5.74) is 0.903. The number of H-pyrrole nitrogens is 2. The van der Waals surface area contributed by atoms with E-state index in [0.717, 1.165) is 11.4 Å². The van der Waals surface area contributed by atoms with E-state index in [-0.39, 0.29) is 0 Å². The highest BCUT2D eigenvalue weighted by molar-refractivity contribution is 7.71. The van der Waals surface area contributed by atoms with E-state index in [1.165, 1.54) is 0 Å². The first kappa shape index (κ1) is 10.3. The maximum atomic E-state index is 5.82. The number of hydrogen-bond donors (Lipinski definition) is 2. The second kappa shape index (κ2) is 4.51. The smallest absolute Gasteiger partial charge is 0.174 e. The summed E-state index contributed by atoms with van der Waals surface area (Å²) in [5, 5.41) is 0.662. The lowest BCUT2D eigenvalue weighted by molar-refractivity contribution is 0.302. The topological polar surface area (TPSA) is 40.8 Å². The van der Waals surface area contributed by atoms with Crippen LogP contribution in [0.1, 0.15) is 5.69 Å². The lowest BCUT2D eigenvalue weighted by Crippen LogP contribution is -1.95. The van der Waals surface area contributed by atoms with E-state index in [1.807, 2.05) is 12.1 Å². The van der Waals surface area contributed by atoms with Crippen molar-refractivity contribution in [1.82, 2.24) is 9.97 Å². The van der Waals surface area contributed by atoms with Gasteiger partial charge in [-0.2, -0.15) is 0 Å². The average Bonchev–Trinajstić information content (AvgIpc) is 2.62. The van der Waals surface area contributed by atoms with Crippen LogP contribution in [0.15, 0.2) is 30.5 Å². The summed E-state index contributed by atoms with van der Waals surface area (Å²) in [6.45, 7) is 0.438. The van der Waals surface area contributed by atoms with Crippen molar-refractivity contribution in [3.05, 3.63) is 45.9 Å². The van der Waals surface area contributed by atoms with Crippen LogP contribution in [-0.4, -0.2) is 9.97 Å². The standard InChI is InChI=1S/C10H9ClN2OS/c11-7-2-1-3-9(4-7)14-6-8-5-12-10(15)13-8/h1-5H,6H2,(H2,12,13,15). The number of aromatic amines is 2. The second-order valence-corrected chi connectivity index (χ2v) is 3.86. The quantitative estimate of drug-likeness (QED) is 0.809. The van der Waals surface area contributed by atoms with Crippen LogP contribution in [0.3, 0.4) is 0 Å². The molecule has 1 aromatic carbocycles. The normalized spacial score (nSPS) is 10.2. The van der Waals surface area contributed by atoms with Crippen molar-refractivity contribution < 1.29 is 4.74 Å². The van der Waals surface area contributed by atoms with Crippen LogP contribution in [0, 0.1) is 4.77 Å². The molecule has 0 atom stereocenters. The Bertz CT molecular complexity index is 506. The molecule has 15 heavy (non-hydrogen) atoms. The Morgan fingerprint density at radius 2 is 2.27 bits per heavy atom. The molecular weight excluding hydrogens is 232 g/mol. The first-order chi connectivity index (χ1) is 7.24. The zero-order valence-corrected chi connectivity index (χ0v) is 9.36. The number of aromatic nitrogens is 2. The van der Waals surface area contributed by atoms with Crippen molar-refractivity contribution in [2.24, 2.45) is 0 Å². The zero-order chi connectivity index (χ0) is 10.7. The summed E-state index contributed by atoms with van der Waals surface area (Å²) in [6.07, 6.45) is 1.78. The van der Waals surface area contributed by atoms with Gasteiger partial charge in [0.05, 0.1) is 5.69 Å². The van der Waals surface area contributed by atoms with Gasteiger partial charge in [0.1, 0.15) is 12.4 Å². The molecule has 1 heterocycles. The van der Waals surface area contributed by atoms with Gasteiger partial charge in [0, 0.05) is 11.2 Å². The summed E-state index contributed by atoms with van der Waals surface area (Å²) in [5.74, 6) is 0.739. The Kier molecular flexibility index (Phi) is 3.08. The van der Waals surface area contributed by atoms with Crippen molar-refractivity contribution in [1.29, 1.82) is 0 Å². The largest absolute Gasteiger partial charge is 0.487 e. The Morgan fingerprint density at radius 3 is 2.93 bits per heavy atom. The number of imidazole rings is 1. The van der Waals surface area contributed by atoms with E-state index in [4.69, 9.17) is 28.6 Å². The van der Waals surface area contributed by atoms with Gasteiger partial charge in [-0.05, 0) is 30.4 Å². The molecule has 0 unspecified atom stereocenters. The molecule has 2 rings (SSSR count). The van der Waals surface area contributed by atoms with E-state index in [2.05, 4.69) is 9.97 Å². The Morgan fingerprint density at radius 1 is 1.40 bits per heavy atom. The summed E-state index contributed by atoms with van der Waals surface area (Å²) >= 11 is 10.7. The van der Waals surface area contributed by atoms with Gasteiger partial charge in [-0.1, -0.05) is 17.7 Å². The summed E-state index contributed by atoms with van der Waals surface area (Å²) < 4.78 is 6.10. The summed E-state index contributed by atoms with van der Waals surface area (Å²) in [4.78, 5) is 5.83. The maximum Gasteiger partial charge on any atom is 0.174 e. The molecule has 0 spiro atoms. The summed E-state index contributed by atoms with van der Waals surface area (Å²) in [6, 6.07) is 7.27. The van der Waals surface area contributed by atoms with Crippen LogP contribution in [0.5, 0.6) is 5.75 Å². The molecule has 5 heteroatoms. The van der Waals surface area contributed by atoms with Crippen LogP contribution in [0.25, 0.3) is 0 Å². The number of hydrogen-bond acceptors (Lipinski definition) is 2. The molecule has 78 valence electrons. The predicted molar refractivity (Wildman–Crippen MR) is 61.8 cm³/mol. The second-order valence-electron chi connectivity index (χ2n) is 3.01. The van der Waals surface area contributed by atoms with Crippen LogP contribution in [0.4, 0.5) is 0 Å². The summed E-state index contributed by atoms with van der Waals surface area (Å²) in [7, 11) is 0. The Hall–Kier alpha value is -1.26. The van der Waals surface area contributed by atoms with E-state index >= 15 is 0 Å². The van der Waals surface area contributed by atoms with Gasteiger partial charge in [0.25, 0.3) is 0 Å². The van der Waals surface area contributed by atoms with Gasteiger partial charge in [-0.25, -0.2) is 0 Å². The van der Waals surface area contributed by atoms with Gasteiger partial charge in [-0.3, -0.25) is 0 Å². The molecule has 0 amide bonds. The van der Waals surface area contributed by atoms with Crippen LogP contribution in [-0.2, 0) is 6.61 Å². The average molecular weight is 241 g/mol. The minimum absolute atomic E-state index is 0.438. The van der Waals surface area contributed by atoms with E-state index in [1.54, 1.807) is 18.3 Å². The molecule has 0 saturated carbocycles. The van der Waals surface area contributed by atoms with E-state index in [9.17, 15) is 0 Å².